The van der Waals surface area contributed by atoms with Crippen LogP contribution >= 0.6 is 11.3 Å². The largest absolute Gasteiger partial charge is 0.493 e. The Hall–Kier alpha value is -4.11. The molecule has 0 unspecified atom stereocenters. The van der Waals surface area contributed by atoms with Gasteiger partial charge in [0.25, 0.3) is 5.91 Å². The molecule has 0 spiro atoms. The number of aryl methyl sites for hydroxylation is 2. The highest BCUT2D eigenvalue weighted by atomic mass is 32.1. The molecule has 1 aromatic heterocycles. The van der Waals surface area contributed by atoms with E-state index in [0.29, 0.717) is 29.4 Å². The first-order valence-electron chi connectivity index (χ1n) is 11.6. The summed E-state index contributed by atoms with van der Waals surface area (Å²) < 4.78 is 22.3. The maximum Gasteiger partial charge on any atom is 0.306 e. The van der Waals surface area contributed by atoms with Crippen molar-refractivity contribution in [2.45, 2.75) is 19.8 Å². The second-order valence-corrected chi connectivity index (χ2v) is 9.34. The maximum atomic E-state index is 12.3. The Morgan fingerprint density at radius 3 is 2.27 bits per heavy atom. The SMILES string of the molecule is COc1cc(CCC(=O)OCC(=O)Nc2ccc(-c3nc4ccc(C)cc4s3)cc2)cc(OC)c1OC. The summed E-state index contributed by atoms with van der Waals surface area (Å²) in [7, 11) is 4.59. The Bertz CT molecular complexity index is 1390. The van der Waals surface area contributed by atoms with E-state index in [0.717, 1.165) is 26.4 Å². The minimum atomic E-state index is -0.481. The third-order valence-corrected chi connectivity index (χ3v) is 6.73. The summed E-state index contributed by atoms with van der Waals surface area (Å²) >= 11 is 1.63. The minimum absolute atomic E-state index is 0.0995. The number of thiazole rings is 1. The van der Waals surface area contributed by atoms with Crippen LogP contribution in [0.1, 0.15) is 17.5 Å². The van der Waals surface area contributed by atoms with E-state index in [9.17, 15) is 9.59 Å². The lowest BCUT2D eigenvalue weighted by molar-refractivity contribution is -0.147. The van der Waals surface area contributed by atoms with E-state index < -0.39 is 11.9 Å². The first-order valence-corrected chi connectivity index (χ1v) is 12.4. The van der Waals surface area contributed by atoms with Gasteiger partial charge in [0.15, 0.2) is 18.1 Å². The summed E-state index contributed by atoms with van der Waals surface area (Å²) in [6.07, 6.45) is 0.492. The van der Waals surface area contributed by atoms with Crippen molar-refractivity contribution in [1.29, 1.82) is 0 Å². The van der Waals surface area contributed by atoms with Crippen molar-refractivity contribution in [3.63, 3.8) is 0 Å². The van der Waals surface area contributed by atoms with Gasteiger partial charge in [0.2, 0.25) is 5.75 Å². The number of methoxy groups -OCH3 is 3. The number of hydrogen-bond donors (Lipinski definition) is 1. The van der Waals surface area contributed by atoms with Gasteiger partial charge in [0.1, 0.15) is 5.01 Å². The summed E-state index contributed by atoms with van der Waals surface area (Å²) in [5.74, 6) is 0.605. The highest BCUT2D eigenvalue weighted by molar-refractivity contribution is 7.21. The number of rotatable bonds is 10. The Labute approximate surface area is 219 Å². The second-order valence-electron chi connectivity index (χ2n) is 8.31. The topological polar surface area (TPSA) is 96.0 Å². The molecule has 1 N–H and O–H groups in total. The highest BCUT2D eigenvalue weighted by Gasteiger charge is 2.15. The van der Waals surface area contributed by atoms with E-state index in [1.54, 1.807) is 35.6 Å². The number of amides is 1. The Balaban J connectivity index is 1.27. The summed E-state index contributed by atoms with van der Waals surface area (Å²) in [4.78, 5) is 29.2. The van der Waals surface area contributed by atoms with Crippen molar-refractivity contribution in [2.24, 2.45) is 0 Å². The molecule has 0 aliphatic rings. The number of carbonyl (C=O) groups excluding carboxylic acids is 2. The molecule has 4 rings (SSSR count). The summed E-state index contributed by atoms with van der Waals surface area (Å²) in [6.45, 7) is 1.69. The number of ether oxygens (including phenoxy) is 4. The van der Waals surface area contributed by atoms with Crippen molar-refractivity contribution < 1.29 is 28.5 Å². The lowest BCUT2D eigenvalue weighted by Gasteiger charge is -2.14. The number of carbonyl (C=O) groups is 2. The van der Waals surface area contributed by atoms with Crippen LogP contribution in [0.5, 0.6) is 17.2 Å². The number of hydrogen-bond acceptors (Lipinski definition) is 8. The zero-order valence-corrected chi connectivity index (χ0v) is 21.9. The number of benzene rings is 3. The van der Waals surface area contributed by atoms with Gasteiger partial charge >= 0.3 is 5.97 Å². The van der Waals surface area contributed by atoms with Crippen molar-refractivity contribution >= 4 is 39.1 Å². The Kier molecular flexibility index (Phi) is 8.25. The lowest BCUT2D eigenvalue weighted by Crippen LogP contribution is -2.21. The first-order chi connectivity index (χ1) is 17.9. The second kappa shape index (κ2) is 11.7. The van der Waals surface area contributed by atoms with Gasteiger partial charge < -0.3 is 24.3 Å². The Morgan fingerprint density at radius 2 is 1.62 bits per heavy atom. The van der Waals surface area contributed by atoms with Gasteiger partial charge in [-0.1, -0.05) is 6.07 Å². The van der Waals surface area contributed by atoms with Gasteiger partial charge in [-0.3, -0.25) is 9.59 Å². The van der Waals surface area contributed by atoms with Crippen LogP contribution in [0.4, 0.5) is 5.69 Å². The molecular formula is C28H28N2O6S. The molecule has 0 aliphatic heterocycles. The summed E-state index contributed by atoms with van der Waals surface area (Å²) in [5.41, 5.74) is 4.56. The normalized spacial score (nSPS) is 10.7. The molecule has 37 heavy (non-hydrogen) atoms. The minimum Gasteiger partial charge on any atom is -0.493 e. The van der Waals surface area contributed by atoms with Crippen LogP contribution in [0.3, 0.4) is 0 Å². The molecule has 9 heteroatoms. The number of esters is 1. The number of nitrogens with one attached hydrogen (secondary N) is 1. The fourth-order valence-electron chi connectivity index (χ4n) is 3.79. The average Bonchev–Trinajstić information content (AvgIpc) is 3.33. The zero-order valence-electron chi connectivity index (χ0n) is 21.1. The van der Waals surface area contributed by atoms with E-state index >= 15 is 0 Å². The van der Waals surface area contributed by atoms with Crippen LogP contribution in [0.2, 0.25) is 0 Å². The lowest BCUT2D eigenvalue weighted by atomic mass is 10.1. The molecule has 0 radical (unpaired) electrons. The summed E-state index contributed by atoms with van der Waals surface area (Å²) in [5, 5.41) is 3.66. The highest BCUT2D eigenvalue weighted by Crippen LogP contribution is 2.38. The van der Waals surface area contributed by atoms with Crippen LogP contribution < -0.4 is 19.5 Å². The third kappa shape index (κ3) is 6.37. The molecule has 1 heterocycles. The molecule has 0 bridgehead atoms. The predicted octanol–water partition coefficient (Wildman–Crippen LogP) is 5.41. The molecule has 4 aromatic rings. The van der Waals surface area contributed by atoms with Gasteiger partial charge in [-0.05, 0) is 73.0 Å². The number of fused-ring (bicyclic) bond motifs is 1. The standard InChI is InChI=1S/C28H28N2O6S/c1-17-5-11-21-24(13-17)37-28(30-21)19-7-9-20(10-8-19)29-25(31)16-36-26(32)12-6-18-14-22(33-2)27(35-4)23(15-18)34-3/h5,7-11,13-15H,6,12,16H2,1-4H3,(H,29,31). The molecule has 3 aromatic carbocycles. The van der Waals surface area contributed by atoms with Crippen LogP contribution in [0.15, 0.2) is 54.6 Å². The smallest absolute Gasteiger partial charge is 0.306 e. The van der Waals surface area contributed by atoms with Crippen molar-refractivity contribution in [2.75, 3.05) is 33.3 Å². The van der Waals surface area contributed by atoms with Crippen LogP contribution in [0, 0.1) is 6.92 Å². The van der Waals surface area contributed by atoms with E-state index in [2.05, 4.69) is 23.3 Å². The molecule has 1 amide bonds. The fourth-order valence-corrected chi connectivity index (χ4v) is 4.86. The molecule has 0 saturated heterocycles. The summed E-state index contributed by atoms with van der Waals surface area (Å²) in [6, 6.07) is 17.2. The number of anilines is 1. The van der Waals surface area contributed by atoms with E-state index in [4.69, 9.17) is 18.9 Å². The molecule has 8 nitrogen and oxygen atoms in total. The Morgan fingerprint density at radius 1 is 0.919 bits per heavy atom. The monoisotopic (exact) mass is 520 g/mol. The van der Waals surface area contributed by atoms with Crippen molar-refractivity contribution in [3.05, 3.63) is 65.7 Å². The third-order valence-electron chi connectivity index (χ3n) is 5.67. The van der Waals surface area contributed by atoms with Gasteiger partial charge in [-0.2, -0.15) is 0 Å². The van der Waals surface area contributed by atoms with Crippen molar-refractivity contribution in [3.8, 4) is 27.8 Å². The molecule has 0 fully saturated rings. The quantitative estimate of drug-likeness (QED) is 0.279. The van der Waals surface area contributed by atoms with Crippen LogP contribution in [-0.4, -0.2) is 44.8 Å². The zero-order chi connectivity index (χ0) is 26.4. The first kappa shape index (κ1) is 26.0. The van der Waals surface area contributed by atoms with E-state index in [1.165, 1.54) is 26.9 Å². The average molecular weight is 521 g/mol. The van der Waals surface area contributed by atoms with Gasteiger partial charge in [0, 0.05) is 17.7 Å². The predicted molar refractivity (Wildman–Crippen MR) is 144 cm³/mol. The van der Waals surface area contributed by atoms with E-state index in [1.807, 2.05) is 24.3 Å². The molecular weight excluding hydrogens is 492 g/mol. The number of aromatic nitrogens is 1. The van der Waals surface area contributed by atoms with Crippen LogP contribution in [-0.2, 0) is 20.7 Å². The molecule has 0 aliphatic carbocycles. The van der Waals surface area contributed by atoms with Gasteiger partial charge in [0.05, 0.1) is 31.5 Å². The fraction of sp³-hybridized carbons (Fsp3) is 0.250. The molecule has 0 saturated carbocycles. The van der Waals surface area contributed by atoms with Crippen molar-refractivity contribution in [1.82, 2.24) is 4.98 Å². The van der Waals surface area contributed by atoms with E-state index in [-0.39, 0.29) is 13.0 Å². The molecule has 192 valence electrons. The van der Waals surface area contributed by atoms with Gasteiger partial charge in [-0.25, -0.2) is 4.98 Å². The molecule has 0 atom stereocenters. The maximum absolute atomic E-state index is 12.3. The number of nitrogens with zero attached hydrogens (tertiary/aromatic N) is 1. The van der Waals surface area contributed by atoms with Crippen LogP contribution in [0.25, 0.3) is 20.8 Å². The van der Waals surface area contributed by atoms with Gasteiger partial charge in [-0.15, -0.1) is 11.3 Å².